The molecule has 0 radical (unpaired) electrons. The molecule has 2 amide bonds. The summed E-state index contributed by atoms with van der Waals surface area (Å²) < 4.78 is 20.0. The van der Waals surface area contributed by atoms with Crippen molar-refractivity contribution in [3.63, 3.8) is 0 Å². The Bertz CT molecular complexity index is 822. The molecule has 1 atom stereocenters. The molecule has 2 aromatic rings. The molecule has 0 bridgehead atoms. The molecule has 0 aliphatic carbocycles. The van der Waals surface area contributed by atoms with Gasteiger partial charge in [0.25, 0.3) is 0 Å². The van der Waals surface area contributed by atoms with Gasteiger partial charge in [0.1, 0.15) is 22.8 Å². The number of hydrogen-bond donors (Lipinski definition) is 1. The van der Waals surface area contributed by atoms with Crippen molar-refractivity contribution in [2.45, 2.75) is 25.3 Å². The van der Waals surface area contributed by atoms with Crippen LogP contribution in [0.5, 0.6) is 5.75 Å². The highest BCUT2D eigenvalue weighted by atomic mass is 19.1. The Balaban J connectivity index is 1.83. The van der Waals surface area contributed by atoms with Gasteiger partial charge in [0.05, 0.1) is 6.61 Å². The van der Waals surface area contributed by atoms with E-state index >= 15 is 0 Å². The van der Waals surface area contributed by atoms with Gasteiger partial charge in [-0.15, -0.1) is 0 Å². The van der Waals surface area contributed by atoms with E-state index in [4.69, 9.17) is 4.74 Å². The van der Waals surface area contributed by atoms with E-state index in [1.807, 2.05) is 12.1 Å². The monoisotopic (exact) mass is 341 g/mol. The topological polar surface area (TPSA) is 54.5 Å². The SMILES string of the molecule is Cc1ccc([C@@]2(NC(=O)N3CCC3)CCOc3cccnc32)cc1F. The second-order valence-corrected chi connectivity index (χ2v) is 6.59. The zero-order chi connectivity index (χ0) is 17.4. The van der Waals surface area contributed by atoms with Crippen molar-refractivity contribution >= 4 is 6.03 Å². The highest BCUT2D eigenvalue weighted by molar-refractivity contribution is 5.77. The van der Waals surface area contributed by atoms with Crippen molar-refractivity contribution in [2.24, 2.45) is 0 Å². The van der Waals surface area contributed by atoms with E-state index in [2.05, 4.69) is 10.3 Å². The van der Waals surface area contributed by atoms with Crippen molar-refractivity contribution in [2.75, 3.05) is 19.7 Å². The molecule has 1 saturated heterocycles. The Hall–Kier alpha value is -2.63. The number of nitrogens with zero attached hydrogens (tertiary/aromatic N) is 2. The number of rotatable bonds is 2. The number of amides is 2. The molecule has 1 aromatic heterocycles. The fourth-order valence-corrected chi connectivity index (χ4v) is 3.37. The normalized spacial score (nSPS) is 21.8. The molecule has 5 nitrogen and oxygen atoms in total. The van der Waals surface area contributed by atoms with Gasteiger partial charge in [0.15, 0.2) is 0 Å². The average Bonchev–Trinajstić information content (AvgIpc) is 2.56. The van der Waals surface area contributed by atoms with Crippen LogP contribution in [0.15, 0.2) is 36.5 Å². The first-order valence-electron chi connectivity index (χ1n) is 8.52. The summed E-state index contributed by atoms with van der Waals surface area (Å²) in [6, 6.07) is 8.57. The molecule has 130 valence electrons. The lowest BCUT2D eigenvalue weighted by molar-refractivity contribution is 0.145. The minimum absolute atomic E-state index is 0.147. The van der Waals surface area contributed by atoms with Gasteiger partial charge in [0.2, 0.25) is 0 Å². The maximum Gasteiger partial charge on any atom is 0.318 e. The first kappa shape index (κ1) is 15.9. The highest BCUT2D eigenvalue weighted by Gasteiger charge is 2.43. The second kappa shape index (κ2) is 6.02. The van der Waals surface area contributed by atoms with E-state index in [9.17, 15) is 9.18 Å². The number of benzene rings is 1. The molecule has 0 unspecified atom stereocenters. The van der Waals surface area contributed by atoms with Crippen LogP contribution in [-0.4, -0.2) is 35.6 Å². The number of halogens is 1. The van der Waals surface area contributed by atoms with Gasteiger partial charge in [-0.05, 0) is 42.7 Å². The molecule has 1 aromatic carbocycles. The molecule has 1 N–H and O–H groups in total. The Morgan fingerprint density at radius 1 is 1.36 bits per heavy atom. The van der Waals surface area contributed by atoms with Crippen molar-refractivity contribution in [3.05, 3.63) is 59.2 Å². The number of aromatic nitrogens is 1. The predicted octanol–water partition coefficient (Wildman–Crippen LogP) is 2.97. The highest BCUT2D eigenvalue weighted by Crippen LogP contribution is 2.41. The zero-order valence-corrected chi connectivity index (χ0v) is 14.1. The van der Waals surface area contributed by atoms with E-state index in [-0.39, 0.29) is 11.8 Å². The van der Waals surface area contributed by atoms with Gasteiger partial charge in [-0.3, -0.25) is 4.98 Å². The summed E-state index contributed by atoms with van der Waals surface area (Å²) in [5.41, 5.74) is 0.989. The van der Waals surface area contributed by atoms with E-state index in [0.29, 0.717) is 35.6 Å². The largest absolute Gasteiger partial charge is 0.491 e. The molecular weight excluding hydrogens is 321 g/mol. The smallest absolute Gasteiger partial charge is 0.318 e. The van der Waals surface area contributed by atoms with Crippen LogP contribution in [-0.2, 0) is 5.54 Å². The van der Waals surface area contributed by atoms with E-state index in [1.54, 1.807) is 30.2 Å². The molecule has 0 spiro atoms. The van der Waals surface area contributed by atoms with Crippen LogP contribution in [0.1, 0.15) is 29.7 Å². The number of nitrogens with one attached hydrogen (secondary N) is 1. The molecule has 2 aliphatic rings. The lowest BCUT2D eigenvalue weighted by atomic mass is 9.81. The summed E-state index contributed by atoms with van der Waals surface area (Å²) in [5.74, 6) is 0.331. The number of urea groups is 1. The fourth-order valence-electron chi connectivity index (χ4n) is 3.37. The van der Waals surface area contributed by atoms with Gasteiger partial charge in [-0.2, -0.15) is 0 Å². The number of fused-ring (bicyclic) bond motifs is 1. The Labute approximate surface area is 145 Å². The number of carbonyl (C=O) groups is 1. The first-order chi connectivity index (χ1) is 12.1. The van der Waals surface area contributed by atoms with Gasteiger partial charge in [-0.1, -0.05) is 12.1 Å². The van der Waals surface area contributed by atoms with Crippen LogP contribution in [0.2, 0.25) is 0 Å². The van der Waals surface area contributed by atoms with Gasteiger partial charge in [0, 0.05) is 25.7 Å². The van der Waals surface area contributed by atoms with Crippen molar-refractivity contribution < 1.29 is 13.9 Å². The third-order valence-electron chi connectivity index (χ3n) is 5.04. The van der Waals surface area contributed by atoms with Crippen LogP contribution in [0.3, 0.4) is 0 Å². The number of aryl methyl sites for hydroxylation is 1. The summed E-state index contributed by atoms with van der Waals surface area (Å²) in [6.45, 7) is 3.64. The lowest BCUT2D eigenvalue weighted by Crippen LogP contribution is -2.57. The maximum atomic E-state index is 14.3. The van der Waals surface area contributed by atoms with E-state index in [1.165, 1.54) is 6.07 Å². The third kappa shape index (κ3) is 2.62. The van der Waals surface area contributed by atoms with Gasteiger partial charge >= 0.3 is 6.03 Å². The minimum atomic E-state index is -0.893. The quantitative estimate of drug-likeness (QED) is 0.914. The Kier molecular flexibility index (Phi) is 3.82. The number of ether oxygens (including phenoxy) is 1. The summed E-state index contributed by atoms with van der Waals surface area (Å²) in [7, 11) is 0. The minimum Gasteiger partial charge on any atom is -0.491 e. The number of hydrogen-bond acceptors (Lipinski definition) is 3. The average molecular weight is 341 g/mol. The van der Waals surface area contributed by atoms with Crippen LogP contribution in [0.4, 0.5) is 9.18 Å². The van der Waals surface area contributed by atoms with Crippen LogP contribution in [0, 0.1) is 12.7 Å². The molecule has 4 rings (SSSR count). The Morgan fingerprint density at radius 3 is 2.92 bits per heavy atom. The molecule has 3 heterocycles. The molecule has 1 fully saturated rings. The summed E-state index contributed by atoms with van der Waals surface area (Å²) >= 11 is 0. The first-order valence-corrected chi connectivity index (χ1v) is 8.52. The van der Waals surface area contributed by atoms with Crippen LogP contribution >= 0.6 is 0 Å². The number of pyridine rings is 1. The lowest BCUT2D eigenvalue weighted by Gasteiger charge is -2.41. The zero-order valence-electron chi connectivity index (χ0n) is 14.1. The molecule has 2 aliphatic heterocycles. The predicted molar refractivity (Wildman–Crippen MR) is 91.0 cm³/mol. The number of likely N-dealkylation sites (tertiary alicyclic amines) is 1. The second-order valence-electron chi connectivity index (χ2n) is 6.59. The molecule has 25 heavy (non-hydrogen) atoms. The van der Waals surface area contributed by atoms with Crippen LogP contribution in [0.25, 0.3) is 0 Å². The van der Waals surface area contributed by atoms with Crippen LogP contribution < -0.4 is 10.1 Å². The molecule has 0 saturated carbocycles. The maximum absolute atomic E-state index is 14.3. The third-order valence-corrected chi connectivity index (χ3v) is 5.04. The number of carbonyl (C=O) groups excluding carboxylic acids is 1. The molecular formula is C19H20FN3O2. The summed E-state index contributed by atoms with van der Waals surface area (Å²) in [4.78, 5) is 18.9. The summed E-state index contributed by atoms with van der Waals surface area (Å²) in [6.07, 6.45) is 3.18. The molecule has 6 heteroatoms. The standard InChI is InChI=1S/C19H20FN3O2/c1-13-5-6-14(12-15(13)20)19(22-18(24)23-9-3-10-23)7-11-25-16-4-2-8-21-17(16)19/h2,4-6,8,12H,3,7,9-11H2,1H3,(H,22,24)/t19-/m0/s1. The van der Waals surface area contributed by atoms with Crippen molar-refractivity contribution in [1.82, 2.24) is 15.2 Å². The summed E-state index contributed by atoms with van der Waals surface area (Å²) in [5, 5.41) is 3.13. The van der Waals surface area contributed by atoms with E-state index < -0.39 is 5.54 Å². The van der Waals surface area contributed by atoms with Gasteiger partial charge < -0.3 is 15.0 Å². The fraction of sp³-hybridized carbons (Fsp3) is 0.368. The van der Waals surface area contributed by atoms with Crippen molar-refractivity contribution in [1.29, 1.82) is 0 Å². The van der Waals surface area contributed by atoms with Crippen molar-refractivity contribution in [3.8, 4) is 5.75 Å². The van der Waals surface area contributed by atoms with Gasteiger partial charge in [-0.25, -0.2) is 9.18 Å². The Morgan fingerprint density at radius 2 is 2.20 bits per heavy atom. The van der Waals surface area contributed by atoms with E-state index in [0.717, 1.165) is 19.5 Å².